The van der Waals surface area contributed by atoms with Crippen molar-refractivity contribution in [3.8, 4) is 0 Å². The molecule has 1 rings (SSSR count). The van der Waals surface area contributed by atoms with Gasteiger partial charge in [0.25, 0.3) is 0 Å². The number of hydrogen-bond acceptors (Lipinski definition) is 5. The number of methoxy groups -OCH3 is 1. The van der Waals surface area contributed by atoms with Crippen LogP contribution in [0.4, 0.5) is 0 Å². The van der Waals surface area contributed by atoms with E-state index in [0.717, 1.165) is 0 Å². The summed E-state index contributed by atoms with van der Waals surface area (Å²) < 4.78 is 29.4. The average Bonchev–Trinajstić information content (AvgIpc) is 2.26. The van der Waals surface area contributed by atoms with E-state index in [1.54, 1.807) is 13.8 Å². The van der Waals surface area contributed by atoms with Crippen LogP contribution in [-0.2, 0) is 14.6 Å². The molecule has 0 amide bonds. The lowest BCUT2D eigenvalue weighted by Gasteiger charge is -2.10. The van der Waals surface area contributed by atoms with Crippen molar-refractivity contribution in [3.05, 3.63) is 22.4 Å². The molecule has 0 aliphatic carbocycles. The van der Waals surface area contributed by atoms with E-state index in [0.29, 0.717) is 4.47 Å². The van der Waals surface area contributed by atoms with Crippen LogP contribution < -0.4 is 0 Å². The van der Waals surface area contributed by atoms with Gasteiger partial charge in [0.05, 0.1) is 12.9 Å². The maximum absolute atomic E-state index is 12.2. The molecule has 1 heterocycles. The fourth-order valence-electron chi connectivity index (χ4n) is 1.44. The Morgan fingerprint density at radius 3 is 2.61 bits per heavy atom. The van der Waals surface area contributed by atoms with Gasteiger partial charge in [0.2, 0.25) is 0 Å². The average molecular weight is 336 g/mol. The van der Waals surface area contributed by atoms with Crippen LogP contribution in [0, 0.1) is 5.92 Å². The summed E-state index contributed by atoms with van der Waals surface area (Å²) in [7, 11) is -2.38. The summed E-state index contributed by atoms with van der Waals surface area (Å²) in [6, 6.07) is 1.37. The highest BCUT2D eigenvalue weighted by atomic mass is 79.9. The lowest BCUT2D eigenvalue weighted by molar-refractivity contribution is 0.0589. The summed E-state index contributed by atoms with van der Waals surface area (Å²) in [6.45, 7) is 3.58. The van der Waals surface area contributed by atoms with E-state index in [1.807, 2.05) is 0 Å². The third-order valence-electron chi connectivity index (χ3n) is 2.09. The van der Waals surface area contributed by atoms with Crippen molar-refractivity contribution in [1.82, 2.24) is 4.98 Å². The number of pyridine rings is 1. The predicted octanol–water partition coefficient (Wildman–Crippen LogP) is 2.06. The monoisotopic (exact) mass is 335 g/mol. The third-order valence-corrected chi connectivity index (χ3v) is 4.61. The number of carbonyl (C=O) groups excluding carboxylic acids is 1. The Bertz CT molecular complexity index is 554. The molecule has 0 aliphatic rings. The van der Waals surface area contributed by atoms with Gasteiger partial charge in [0.15, 0.2) is 15.5 Å². The summed E-state index contributed by atoms with van der Waals surface area (Å²) in [6.07, 6.45) is 1.36. The highest BCUT2D eigenvalue weighted by Crippen LogP contribution is 2.22. The minimum atomic E-state index is -3.56. The molecule has 1 aromatic heterocycles. The van der Waals surface area contributed by atoms with Crippen LogP contribution in [0.25, 0.3) is 0 Å². The van der Waals surface area contributed by atoms with Crippen molar-refractivity contribution in [2.24, 2.45) is 5.92 Å². The van der Waals surface area contributed by atoms with E-state index in [9.17, 15) is 13.2 Å². The normalized spacial score (nSPS) is 11.6. The summed E-state index contributed by atoms with van der Waals surface area (Å²) >= 11 is 3.15. The molecule has 18 heavy (non-hydrogen) atoms. The predicted molar refractivity (Wildman–Crippen MR) is 70.2 cm³/mol. The van der Waals surface area contributed by atoms with Crippen molar-refractivity contribution in [2.45, 2.75) is 18.7 Å². The molecule has 0 spiro atoms. The topological polar surface area (TPSA) is 73.3 Å². The quantitative estimate of drug-likeness (QED) is 0.787. The first-order chi connectivity index (χ1) is 8.27. The summed E-state index contributed by atoms with van der Waals surface area (Å²) in [4.78, 5) is 15.2. The fraction of sp³-hybridized carbons (Fsp3) is 0.455. The molecule has 0 unspecified atom stereocenters. The third kappa shape index (κ3) is 3.52. The molecule has 7 heteroatoms. The number of sulfone groups is 1. The number of nitrogens with zero attached hydrogens (tertiary/aromatic N) is 1. The summed E-state index contributed by atoms with van der Waals surface area (Å²) in [5, 5.41) is 0. The van der Waals surface area contributed by atoms with Crippen LogP contribution in [0.1, 0.15) is 24.3 Å². The molecule has 0 fully saturated rings. The minimum absolute atomic E-state index is 0.0421. The number of hydrogen-bond donors (Lipinski definition) is 0. The van der Waals surface area contributed by atoms with Gasteiger partial charge in [-0.3, -0.25) is 0 Å². The van der Waals surface area contributed by atoms with Gasteiger partial charge in [0.1, 0.15) is 4.90 Å². The Kier molecular flexibility index (Phi) is 4.86. The van der Waals surface area contributed by atoms with Crippen LogP contribution in [0.2, 0.25) is 0 Å². The Morgan fingerprint density at radius 2 is 2.11 bits per heavy atom. The fourth-order valence-corrected chi connectivity index (χ4v) is 3.71. The lowest BCUT2D eigenvalue weighted by Crippen LogP contribution is -2.17. The molecule has 100 valence electrons. The second-order valence-corrected chi connectivity index (χ2v) is 7.09. The van der Waals surface area contributed by atoms with Gasteiger partial charge in [-0.2, -0.15) is 0 Å². The van der Waals surface area contributed by atoms with Crippen molar-refractivity contribution in [2.75, 3.05) is 12.9 Å². The van der Waals surface area contributed by atoms with E-state index in [4.69, 9.17) is 0 Å². The van der Waals surface area contributed by atoms with Gasteiger partial charge in [-0.25, -0.2) is 18.2 Å². The van der Waals surface area contributed by atoms with Crippen molar-refractivity contribution >= 4 is 31.7 Å². The Hall–Kier alpha value is -0.950. The number of halogens is 1. The molecule has 1 aromatic rings. The number of carbonyl (C=O) groups is 1. The Labute approximate surface area is 115 Å². The maximum Gasteiger partial charge on any atom is 0.358 e. The van der Waals surface area contributed by atoms with Crippen molar-refractivity contribution < 1.29 is 17.9 Å². The van der Waals surface area contributed by atoms with Gasteiger partial charge in [-0.1, -0.05) is 13.8 Å². The molecule has 0 aromatic carbocycles. The molecule has 0 aliphatic heterocycles. The van der Waals surface area contributed by atoms with E-state index in [2.05, 4.69) is 25.7 Å². The zero-order valence-corrected chi connectivity index (χ0v) is 12.7. The lowest BCUT2D eigenvalue weighted by atomic mass is 10.3. The smallest absolute Gasteiger partial charge is 0.358 e. The van der Waals surface area contributed by atoms with Gasteiger partial charge in [0, 0.05) is 10.7 Å². The molecule has 0 bridgehead atoms. The highest BCUT2D eigenvalue weighted by Gasteiger charge is 2.25. The number of aromatic nitrogens is 1. The van der Waals surface area contributed by atoms with E-state index >= 15 is 0 Å². The van der Waals surface area contributed by atoms with Crippen LogP contribution >= 0.6 is 15.9 Å². The Morgan fingerprint density at radius 1 is 1.50 bits per heavy atom. The first-order valence-corrected chi connectivity index (χ1v) is 7.69. The van der Waals surface area contributed by atoms with Crippen LogP contribution in [0.3, 0.4) is 0 Å². The molecule has 0 saturated heterocycles. The summed E-state index contributed by atoms with van der Waals surface area (Å²) in [5.74, 6) is -0.848. The Balaban J connectivity index is 3.38. The second kappa shape index (κ2) is 5.79. The zero-order chi connectivity index (χ0) is 13.9. The van der Waals surface area contributed by atoms with E-state index < -0.39 is 15.8 Å². The molecular weight excluding hydrogens is 322 g/mol. The number of rotatable bonds is 4. The van der Waals surface area contributed by atoms with E-state index in [1.165, 1.54) is 19.4 Å². The van der Waals surface area contributed by atoms with E-state index in [-0.39, 0.29) is 22.3 Å². The second-order valence-electron chi connectivity index (χ2n) is 4.17. The molecule has 0 radical (unpaired) electrons. The van der Waals surface area contributed by atoms with Crippen LogP contribution in [0.15, 0.2) is 21.6 Å². The van der Waals surface area contributed by atoms with Gasteiger partial charge >= 0.3 is 5.97 Å². The molecule has 0 saturated carbocycles. The number of ether oxygens (including phenoxy) is 1. The SMILES string of the molecule is COC(=O)c1ncc(Br)cc1S(=O)(=O)CC(C)C. The standard InChI is InChI=1S/C11H14BrNO4S/c1-7(2)6-18(15,16)9-4-8(12)5-13-10(9)11(14)17-3/h4-5,7H,6H2,1-3H3. The van der Waals surface area contributed by atoms with Gasteiger partial charge in [-0.05, 0) is 27.9 Å². The highest BCUT2D eigenvalue weighted by molar-refractivity contribution is 9.10. The molecule has 5 nitrogen and oxygen atoms in total. The summed E-state index contributed by atoms with van der Waals surface area (Å²) in [5.41, 5.74) is -0.179. The first kappa shape index (κ1) is 15.1. The van der Waals surface area contributed by atoms with Crippen LogP contribution in [0.5, 0.6) is 0 Å². The maximum atomic E-state index is 12.2. The molecular formula is C11H14BrNO4S. The number of esters is 1. The molecule has 0 atom stereocenters. The zero-order valence-electron chi connectivity index (χ0n) is 10.3. The van der Waals surface area contributed by atoms with Crippen molar-refractivity contribution in [1.29, 1.82) is 0 Å². The largest absolute Gasteiger partial charge is 0.464 e. The van der Waals surface area contributed by atoms with Gasteiger partial charge < -0.3 is 4.74 Å². The first-order valence-electron chi connectivity index (χ1n) is 5.24. The van der Waals surface area contributed by atoms with Gasteiger partial charge in [-0.15, -0.1) is 0 Å². The minimum Gasteiger partial charge on any atom is -0.464 e. The van der Waals surface area contributed by atoms with Crippen LogP contribution in [-0.4, -0.2) is 32.2 Å². The molecule has 0 N–H and O–H groups in total. The van der Waals surface area contributed by atoms with Crippen molar-refractivity contribution in [3.63, 3.8) is 0 Å².